The van der Waals surface area contributed by atoms with Gasteiger partial charge in [-0.3, -0.25) is 4.79 Å². The van der Waals surface area contributed by atoms with Crippen LogP contribution in [0, 0.1) is 5.92 Å². The van der Waals surface area contributed by atoms with Gasteiger partial charge in [-0.05, 0) is 19.3 Å². The largest absolute Gasteiger partial charge is 0.348 e. The Morgan fingerprint density at radius 3 is 3.06 bits per heavy atom. The van der Waals surface area contributed by atoms with Crippen LogP contribution >= 0.6 is 0 Å². The fourth-order valence-corrected chi connectivity index (χ4v) is 2.67. The standard InChI is InChI=1S/C9H14N6O/c16-9(10-4-8-12-14-15-13-8)6-3-5-1-2-7(6)11-5/h5-7,11H,1-4H2,(H,10,16)(H,12,13,14,15). The van der Waals surface area contributed by atoms with E-state index in [0.29, 0.717) is 24.5 Å². The maximum atomic E-state index is 11.9. The molecule has 3 rings (SSSR count). The van der Waals surface area contributed by atoms with E-state index in [9.17, 15) is 4.79 Å². The summed E-state index contributed by atoms with van der Waals surface area (Å²) in [6, 6.07) is 0.918. The second-order valence-electron chi connectivity index (χ2n) is 4.44. The molecule has 0 spiro atoms. The molecule has 0 radical (unpaired) electrons. The molecule has 86 valence electrons. The zero-order chi connectivity index (χ0) is 11.0. The van der Waals surface area contributed by atoms with Crippen molar-refractivity contribution in [2.75, 3.05) is 0 Å². The zero-order valence-corrected chi connectivity index (χ0v) is 8.81. The molecule has 7 nitrogen and oxygen atoms in total. The van der Waals surface area contributed by atoms with Gasteiger partial charge in [-0.1, -0.05) is 5.21 Å². The Morgan fingerprint density at radius 2 is 2.44 bits per heavy atom. The monoisotopic (exact) mass is 222 g/mol. The van der Waals surface area contributed by atoms with Crippen molar-refractivity contribution >= 4 is 5.91 Å². The van der Waals surface area contributed by atoms with Crippen molar-refractivity contribution < 1.29 is 4.79 Å². The third-order valence-corrected chi connectivity index (χ3v) is 3.45. The van der Waals surface area contributed by atoms with Crippen molar-refractivity contribution in [1.29, 1.82) is 0 Å². The van der Waals surface area contributed by atoms with E-state index in [1.54, 1.807) is 0 Å². The first-order valence-corrected chi connectivity index (χ1v) is 5.59. The van der Waals surface area contributed by atoms with E-state index < -0.39 is 0 Å². The van der Waals surface area contributed by atoms with Gasteiger partial charge in [0.25, 0.3) is 0 Å². The van der Waals surface area contributed by atoms with Gasteiger partial charge in [0.15, 0.2) is 5.82 Å². The third-order valence-electron chi connectivity index (χ3n) is 3.45. The van der Waals surface area contributed by atoms with Gasteiger partial charge >= 0.3 is 0 Å². The van der Waals surface area contributed by atoms with Crippen molar-refractivity contribution in [2.24, 2.45) is 5.92 Å². The molecule has 1 aromatic heterocycles. The normalized spacial score (nSPS) is 31.9. The molecule has 1 aromatic rings. The number of H-pyrrole nitrogens is 1. The summed E-state index contributed by atoms with van der Waals surface area (Å²) in [5.74, 6) is 0.736. The van der Waals surface area contributed by atoms with Crippen molar-refractivity contribution in [1.82, 2.24) is 31.3 Å². The van der Waals surface area contributed by atoms with Crippen molar-refractivity contribution in [3.8, 4) is 0 Å². The summed E-state index contributed by atoms with van der Waals surface area (Å²) >= 11 is 0. The van der Waals surface area contributed by atoms with Crippen molar-refractivity contribution in [2.45, 2.75) is 37.9 Å². The number of nitrogens with one attached hydrogen (secondary N) is 3. The van der Waals surface area contributed by atoms with Crippen LogP contribution in [0.4, 0.5) is 0 Å². The van der Waals surface area contributed by atoms with E-state index >= 15 is 0 Å². The summed E-state index contributed by atoms with van der Waals surface area (Å²) in [6.07, 6.45) is 3.28. The number of tetrazole rings is 1. The number of aromatic amines is 1. The smallest absolute Gasteiger partial charge is 0.225 e. The lowest BCUT2D eigenvalue weighted by molar-refractivity contribution is -0.125. The van der Waals surface area contributed by atoms with E-state index in [1.807, 2.05) is 0 Å². The van der Waals surface area contributed by atoms with Crippen LogP contribution in [0.15, 0.2) is 0 Å². The van der Waals surface area contributed by atoms with Gasteiger partial charge in [0.2, 0.25) is 5.91 Å². The molecule has 16 heavy (non-hydrogen) atoms. The summed E-state index contributed by atoms with van der Waals surface area (Å²) < 4.78 is 0. The number of carbonyl (C=O) groups is 1. The quantitative estimate of drug-likeness (QED) is 0.607. The fourth-order valence-electron chi connectivity index (χ4n) is 2.67. The van der Waals surface area contributed by atoms with Crippen molar-refractivity contribution in [3.63, 3.8) is 0 Å². The van der Waals surface area contributed by atoms with Gasteiger partial charge in [-0.2, -0.15) is 5.21 Å². The Kier molecular flexibility index (Phi) is 2.32. The summed E-state index contributed by atoms with van der Waals surface area (Å²) in [5.41, 5.74) is 0. The number of rotatable bonds is 3. The first-order chi connectivity index (χ1) is 7.83. The van der Waals surface area contributed by atoms with Crippen LogP contribution in [-0.2, 0) is 11.3 Å². The van der Waals surface area contributed by atoms with Crippen molar-refractivity contribution in [3.05, 3.63) is 5.82 Å². The Balaban J connectivity index is 1.54. The highest BCUT2D eigenvalue weighted by Crippen LogP contribution is 2.33. The van der Waals surface area contributed by atoms with Gasteiger partial charge in [0, 0.05) is 12.1 Å². The van der Waals surface area contributed by atoms with Gasteiger partial charge in [-0.25, -0.2) is 0 Å². The Bertz CT molecular complexity index is 377. The molecule has 0 saturated carbocycles. The average molecular weight is 222 g/mol. The molecule has 2 saturated heterocycles. The number of nitrogens with zero attached hydrogens (tertiary/aromatic N) is 3. The SMILES string of the molecule is O=C(NCc1nn[nH]n1)C1CC2CCC1N2. The minimum Gasteiger partial charge on any atom is -0.348 e. The Hall–Kier alpha value is -1.50. The topological polar surface area (TPSA) is 95.6 Å². The summed E-state index contributed by atoms with van der Waals surface area (Å²) in [4.78, 5) is 11.9. The van der Waals surface area contributed by atoms with E-state index in [-0.39, 0.29) is 11.8 Å². The van der Waals surface area contributed by atoms with E-state index in [2.05, 4.69) is 31.3 Å². The highest BCUT2D eigenvalue weighted by Gasteiger charge is 2.42. The fraction of sp³-hybridized carbons (Fsp3) is 0.778. The molecule has 0 aliphatic carbocycles. The lowest BCUT2D eigenvalue weighted by atomic mass is 9.88. The predicted molar refractivity (Wildman–Crippen MR) is 54.1 cm³/mol. The molecule has 2 bridgehead atoms. The molecule has 3 N–H and O–H groups in total. The maximum absolute atomic E-state index is 11.9. The molecule has 3 unspecified atom stereocenters. The van der Waals surface area contributed by atoms with E-state index in [0.717, 1.165) is 12.8 Å². The molecule has 3 atom stereocenters. The predicted octanol–water partition coefficient (Wildman–Crippen LogP) is -1.04. The number of carbonyl (C=O) groups excluding carboxylic acids is 1. The van der Waals surface area contributed by atoms with Crippen LogP contribution in [0.25, 0.3) is 0 Å². The number of amides is 1. The second-order valence-corrected chi connectivity index (χ2v) is 4.44. The van der Waals surface area contributed by atoms with Gasteiger partial charge in [0.1, 0.15) is 0 Å². The van der Waals surface area contributed by atoms with Gasteiger partial charge < -0.3 is 10.6 Å². The molecule has 2 aliphatic heterocycles. The highest BCUT2D eigenvalue weighted by atomic mass is 16.2. The molecule has 0 aromatic carbocycles. The highest BCUT2D eigenvalue weighted by molar-refractivity contribution is 5.80. The first kappa shape index (κ1) is 9.71. The molecule has 3 heterocycles. The van der Waals surface area contributed by atoms with Crippen LogP contribution in [0.3, 0.4) is 0 Å². The Labute approximate surface area is 92.4 Å². The molecule has 2 aliphatic rings. The molecule has 2 fully saturated rings. The maximum Gasteiger partial charge on any atom is 0.225 e. The zero-order valence-electron chi connectivity index (χ0n) is 8.81. The third kappa shape index (κ3) is 1.67. The van der Waals surface area contributed by atoms with Crippen LogP contribution in [0.2, 0.25) is 0 Å². The lowest BCUT2D eigenvalue weighted by Crippen LogP contribution is -2.37. The summed E-state index contributed by atoms with van der Waals surface area (Å²) in [7, 11) is 0. The molecule has 1 amide bonds. The average Bonchev–Trinajstić information content (AvgIpc) is 3.01. The van der Waals surface area contributed by atoms with Crippen LogP contribution in [-0.4, -0.2) is 38.6 Å². The van der Waals surface area contributed by atoms with Crippen LogP contribution < -0.4 is 10.6 Å². The van der Waals surface area contributed by atoms with E-state index in [4.69, 9.17) is 0 Å². The first-order valence-electron chi connectivity index (χ1n) is 5.59. The van der Waals surface area contributed by atoms with E-state index in [1.165, 1.54) is 6.42 Å². The molecular weight excluding hydrogens is 208 g/mol. The molecular formula is C9H14N6O. The number of aromatic nitrogens is 4. The van der Waals surface area contributed by atoms with Gasteiger partial charge in [0.05, 0.1) is 12.5 Å². The van der Waals surface area contributed by atoms with Crippen LogP contribution in [0.5, 0.6) is 0 Å². The Morgan fingerprint density at radius 1 is 1.50 bits per heavy atom. The minimum absolute atomic E-state index is 0.101. The number of hydrogen-bond acceptors (Lipinski definition) is 5. The van der Waals surface area contributed by atoms with Crippen LogP contribution in [0.1, 0.15) is 25.1 Å². The summed E-state index contributed by atoms with van der Waals surface area (Å²) in [6.45, 7) is 0.350. The van der Waals surface area contributed by atoms with Gasteiger partial charge in [-0.15, -0.1) is 10.2 Å². The molecule has 7 heteroatoms. The minimum atomic E-state index is 0.101. The number of hydrogen-bond donors (Lipinski definition) is 3. The second kappa shape index (κ2) is 3.82. The lowest BCUT2D eigenvalue weighted by Gasteiger charge is -2.18. The number of fused-ring (bicyclic) bond motifs is 2. The summed E-state index contributed by atoms with van der Waals surface area (Å²) in [5, 5.41) is 19.7.